The number of hydrogen-bond donors (Lipinski definition) is 2. The highest BCUT2D eigenvalue weighted by atomic mass is 35.5. The molecular weight excluding hydrogens is 461 g/mol. The van der Waals surface area contributed by atoms with E-state index in [4.69, 9.17) is 27.6 Å². The number of nitrogens with zero attached hydrogens (tertiary/aromatic N) is 3. The Hall–Kier alpha value is -3.14. The number of rotatable bonds is 7. The highest BCUT2D eigenvalue weighted by Crippen LogP contribution is 2.23. The quantitative estimate of drug-likeness (QED) is 0.402. The van der Waals surface area contributed by atoms with Crippen molar-refractivity contribution in [2.75, 3.05) is 10.6 Å². The van der Waals surface area contributed by atoms with E-state index in [1.807, 2.05) is 6.07 Å². The van der Waals surface area contributed by atoms with Crippen molar-refractivity contribution in [3.05, 3.63) is 81.3 Å². The Balaban J connectivity index is 1.36. The van der Waals surface area contributed by atoms with Crippen molar-refractivity contribution >= 4 is 57.3 Å². The van der Waals surface area contributed by atoms with E-state index in [1.165, 1.54) is 17.6 Å². The number of anilines is 2. The summed E-state index contributed by atoms with van der Waals surface area (Å²) in [5.74, 6) is 0.0411. The molecule has 0 spiro atoms. The molecule has 1 aromatic carbocycles. The normalized spacial score (nSPS) is 10.8. The van der Waals surface area contributed by atoms with Crippen LogP contribution in [0.4, 0.5) is 10.9 Å². The van der Waals surface area contributed by atoms with Gasteiger partial charge >= 0.3 is 0 Å². The second-order valence-electron chi connectivity index (χ2n) is 6.41. The van der Waals surface area contributed by atoms with Gasteiger partial charge in [0, 0.05) is 21.5 Å². The lowest BCUT2D eigenvalue weighted by atomic mass is 10.2. The molecule has 158 valence electrons. The summed E-state index contributed by atoms with van der Waals surface area (Å²) in [5, 5.41) is 12.8. The van der Waals surface area contributed by atoms with Crippen LogP contribution in [0.3, 0.4) is 0 Å². The van der Waals surface area contributed by atoms with Crippen LogP contribution in [0.25, 0.3) is 0 Å². The predicted octanol–water partition coefficient (Wildman–Crippen LogP) is 4.72. The van der Waals surface area contributed by atoms with Crippen LogP contribution >= 0.6 is 34.5 Å². The molecule has 0 saturated heterocycles. The van der Waals surface area contributed by atoms with E-state index >= 15 is 0 Å². The van der Waals surface area contributed by atoms with Gasteiger partial charge in [0.2, 0.25) is 5.91 Å². The molecule has 0 unspecified atom stereocenters. The fraction of sp³-hybridized carbons (Fsp3) is 0.100. The number of furan rings is 1. The van der Waals surface area contributed by atoms with Gasteiger partial charge in [0.15, 0.2) is 10.9 Å². The van der Waals surface area contributed by atoms with Crippen molar-refractivity contribution in [3.63, 3.8) is 0 Å². The maximum atomic E-state index is 12.5. The van der Waals surface area contributed by atoms with Crippen molar-refractivity contribution in [1.29, 1.82) is 0 Å². The van der Waals surface area contributed by atoms with Gasteiger partial charge in [-0.15, -0.1) is 11.3 Å². The molecule has 3 aromatic heterocycles. The van der Waals surface area contributed by atoms with Gasteiger partial charge in [-0.25, -0.2) is 9.67 Å². The fourth-order valence-electron chi connectivity index (χ4n) is 2.74. The number of carbonyl (C=O) groups excluding carboxylic acids is 2. The number of benzene rings is 1. The van der Waals surface area contributed by atoms with Crippen molar-refractivity contribution in [2.45, 2.75) is 13.0 Å². The minimum atomic E-state index is -0.403. The van der Waals surface area contributed by atoms with E-state index in [2.05, 4.69) is 20.7 Å². The third-order valence-electron chi connectivity index (χ3n) is 4.18. The first-order valence-corrected chi connectivity index (χ1v) is 10.7. The van der Waals surface area contributed by atoms with Gasteiger partial charge in [-0.3, -0.25) is 14.9 Å². The van der Waals surface area contributed by atoms with Crippen LogP contribution in [-0.2, 0) is 17.8 Å². The summed E-state index contributed by atoms with van der Waals surface area (Å²) in [6, 6.07) is 10.1. The van der Waals surface area contributed by atoms with Crippen LogP contribution < -0.4 is 10.6 Å². The first-order chi connectivity index (χ1) is 15.0. The average molecular weight is 476 g/mol. The predicted molar refractivity (Wildman–Crippen MR) is 119 cm³/mol. The number of carbonyl (C=O) groups is 2. The van der Waals surface area contributed by atoms with Crippen LogP contribution in [0.15, 0.2) is 58.7 Å². The molecular formula is C20H15Cl2N5O3S. The molecule has 0 radical (unpaired) electrons. The molecule has 0 atom stereocenters. The molecule has 4 aromatic rings. The molecule has 0 fully saturated rings. The van der Waals surface area contributed by atoms with E-state index < -0.39 is 5.91 Å². The van der Waals surface area contributed by atoms with Crippen LogP contribution in [0, 0.1) is 0 Å². The zero-order valence-corrected chi connectivity index (χ0v) is 18.2. The highest BCUT2D eigenvalue weighted by Gasteiger charge is 2.14. The molecule has 0 bridgehead atoms. The zero-order chi connectivity index (χ0) is 21.8. The maximum absolute atomic E-state index is 12.5. The van der Waals surface area contributed by atoms with Crippen LogP contribution in [0.1, 0.15) is 21.8 Å². The van der Waals surface area contributed by atoms with E-state index in [-0.39, 0.29) is 18.1 Å². The summed E-state index contributed by atoms with van der Waals surface area (Å²) in [5.41, 5.74) is 1.35. The summed E-state index contributed by atoms with van der Waals surface area (Å²) < 4.78 is 6.67. The standard InChI is InChI=1S/C20H15Cl2N5O3S/c21-13-4-3-12(15(22)8-13)10-27-17(5-6-23-27)25-18(28)9-14-11-31-20(24-14)26-19(29)16-2-1-7-30-16/h1-8,11H,9-10H2,(H,25,28)(H,24,26,29). The number of halogens is 2. The van der Waals surface area contributed by atoms with Crippen molar-refractivity contribution < 1.29 is 14.0 Å². The molecule has 0 saturated carbocycles. The number of hydrogen-bond acceptors (Lipinski definition) is 6. The summed E-state index contributed by atoms with van der Waals surface area (Å²) in [6.07, 6.45) is 3.04. The van der Waals surface area contributed by atoms with Gasteiger partial charge in [0.1, 0.15) is 5.82 Å². The van der Waals surface area contributed by atoms with Crippen molar-refractivity contribution in [3.8, 4) is 0 Å². The second kappa shape index (κ2) is 9.34. The Morgan fingerprint density at radius 2 is 2.03 bits per heavy atom. The smallest absolute Gasteiger partial charge is 0.293 e. The van der Waals surface area contributed by atoms with Gasteiger partial charge < -0.3 is 9.73 Å². The second-order valence-corrected chi connectivity index (χ2v) is 8.11. The van der Waals surface area contributed by atoms with Gasteiger partial charge in [-0.05, 0) is 29.8 Å². The largest absolute Gasteiger partial charge is 0.459 e. The minimum Gasteiger partial charge on any atom is -0.459 e. The first kappa shape index (κ1) is 21.1. The molecule has 0 aliphatic rings. The van der Waals surface area contributed by atoms with E-state index in [1.54, 1.807) is 46.6 Å². The summed E-state index contributed by atoms with van der Waals surface area (Å²) >= 11 is 13.4. The lowest BCUT2D eigenvalue weighted by molar-refractivity contribution is -0.115. The SMILES string of the molecule is O=C(Cc1csc(NC(=O)c2ccco2)n1)Nc1ccnn1Cc1ccc(Cl)cc1Cl. The van der Waals surface area contributed by atoms with Gasteiger partial charge in [0.25, 0.3) is 5.91 Å². The monoisotopic (exact) mass is 475 g/mol. The summed E-state index contributed by atoms with van der Waals surface area (Å²) in [6.45, 7) is 0.373. The zero-order valence-electron chi connectivity index (χ0n) is 15.8. The molecule has 0 aliphatic heterocycles. The summed E-state index contributed by atoms with van der Waals surface area (Å²) in [4.78, 5) is 28.8. The number of nitrogens with one attached hydrogen (secondary N) is 2. The molecule has 2 amide bonds. The first-order valence-electron chi connectivity index (χ1n) is 9.03. The van der Waals surface area contributed by atoms with Crippen LogP contribution in [-0.4, -0.2) is 26.6 Å². The molecule has 0 aliphatic carbocycles. The fourth-order valence-corrected chi connectivity index (χ4v) is 3.91. The Kier molecular flexibility index (Phi) is 6.36. The number of aromatic nitrogens is 3. The third kappa shape index (κ3) is 5.32. The van der Waals surface area contributed by atoms with E-state index in [9.17, 15) is 9.59 Å². The highest BCUT2D eigenvalue weighted by molar-refractivity contribution is 7.14. The molecule has 11 heteroatoms. The Labute approximate surface area is 190 Å². The lowest BCUT2D eigenvalue weighted by Crippen LogP contribution is -2.18. The van der Waals surface area contributed by atoms with Crippen LogP contribution in [0.2, 0.25) is 10.0 Å². The van der Waals surface area contributed by atoms with Crippen LogP contribution in [0.5, 0.6) is 0 Å². The van der Waals surface area contributed by atoms with E-state index in [0.29, 0.717) is 33.2 Å². The van der Waals surface area contributed by atoms with E-state index in [0.717, 1.165) is 5.56 Å². The average Bonchev–Trinajstić information content (AvgIpc) is 3.47. The Bertz CT molecular complexity index is 1220. The maximum Gasteiger partial charge on any atom is 0.293 e. The lowest BCUT2D eigenvalue weighted by Gasteiger charge is -2.10. The van der Waals surface area contributed by atoms with Gasteiger partial charge in [-0.2, -0.15) is 5.10 Å². The molecule has 2 N–H and O–H groups in total. The van der Waals surface area contributed by atoms with Gasteiger partial charge in [-0.1, -0.05) is 29.3 Å². The molecule has 4 rings (SSSR count). The van der Waals surface area contributed by atoms with Crippen molar-refractivity contribution in [2.24, 2.45) is 0 Å². The topological polar surface area (TPSA) is 102 Å². The Morgan fingerprint density at radius 3 is 2.81 bits per heavy atom. The minimum absolute atomic E-state index is 0.0417. The number of thiazole rings is 1. The Morgan fingerprint density at radius 1 is 1.16 bits per heavy atom. The summed E-state index contributed by atoms with van der Waals surface area (Å²) in [7, 11) is 0. The molecule has 3 heterocycles. The third-order valence-corrected chi connectivity index (χ3v) is 5.57. The molecule has 8 nitrogen and oxygen atoms in total. The molecule has 31 heavy (non-hydrogen) atoms. The number of amides is 2. The van der Waals surface area contributed by atoms with Gasteiger partial charge in [0.05, 0.1) is 31.1 Å². The van der Waals surface area contributed by atoms with Crippen molar-refractivity contribution in [1.82, 2.24) is 14.8 Å².